The zero-order valence-electron chi connectivity index (χ0n) is 17.4. The van der Waals surface area contributed by atoms with E-state index in [0.717, 1.165) is 12.8 Å². The highest BCUT2D eigenvalue weighted by atomic mass is 16.4. The lowest BCUT2D eigenvalue weighted by Gasteiger charge is -2.34. The van der Waals surface area contributed by atoms with Crippen molar-refractivity contribution in [2.45, 2.75) is 31.3 Å². The molecule has 0 atom stereocenters. The van der Waals surface area contributed by atoms with E-state index in [1.54, 1.807) is 17.9 Å². The maximum atomic E-state index is 12.7. The van der Waals surface area contributed by atoms with Gasteiger partial charge in [-0.3, -0.25) is 9.36 Å². The van der Waals surface area contributed by atoms with E-state index >= 15 is 0 Å². The minimum Gasteiger partial charge on any atom is -0.390 e. The van der Waals surface area contributed by atoms with Crippen molar-refractivity contribution in [1.82, 2.24) is 28.9 Å². The van der Waals surface area contributed by atoms with Gasteiger partial charge < -0.3 is 8.98 Å². The van der Waals surface area contributed by atoms with Crippen LogP contribution in [0.1, 0.15) is 36.3 Å². The molecule has 0 radical (unpaired) electrons. The highest BCUT2D eigenvalue weighted by Gasteiger charge is 2.34. The summed E-state index contributed by atoms with van der Waals surface area (Å²) in [4.78, 5) is 33.4. The van der Waals surface area contributed by atoms with Crippen LogP contribution in [0.15, 0.2) is 69.1 Å². The van der Waals surface area contributed by atoms with Gasteiger partial charge >= 0.3 is 5.76 Å². The van der Waals surface area contributed by atoms with Gasteiger partial charge in [-0.15, -0.1) is 5.10 Å². The summed E-state index contributed by atoms with van der Waals surface area (Å²) in [7, 11) is 1.74. The zero-order valence-corrected chi connectivity index (χ0v) is 17.4. The van der Waals surface area contributed by atoms with Crippen LogP contribution in [0.2, 0.25) is 0 Å². The fraction of sp³-hybridized carbons (Fsp3) is 0.261. The van der Waals surface area contributed by atoms with Gasteiger partial charge in [0.1, 0.15) is 12.9 Å². The van der Waals surface area contributed by atoms with E-state index in [4.69, 9.17) is 4.42 Å². The lowest BCUT2D eigenvalue weighted by molar-refractivity contribution is 0.233. The van der Waals surface area contributed by atoms with Crippen LogP contribution < -0.4 is 11.3 Å². The third-order valence-electron chi connectivity index (χ3n) is 6.32. The number of aromatic nitrogens is 6. The largest absolute Gasteiger partial charge is 0.437 e. The van der Waals surface area contributed by atoms with Crippen molar-refractivity contribution in [3.8, 4) is 0 Å². The number of imidazole rings is 1. The highest BCUT2D eigenvalue weighted by molar-refractivity contribution is 5.83. The van der Waals surface area contributed by atoms with E-state index < -0.39 is 5.76 Å². The van der Waals surface area contributed by atoms with Crippen molar-refractivity contribution in [2.75, 3.05) is 0 Å². The number of hydrogen-bond donors (Lipinski definition) is 0. The van der Waals surface area contributed by atoms with Crippen LogP contribution in [-0.2, 0) is 13.6 Å². The normalized spacial score (nSPS) is 18.3. The number of nitrogens with zero attached hydrogens (tertiary/aromatic N) is 6. The molecule has 1 fully saturated rings. The van der Waals surface area contributed by atoms with E-state index in [1.165, 1.54) is 31.9 Å². The molecular formula is C23H20N6O3. The lowest BCUT2D eigenvalue weighted by Crippen LogP contribution is -2.31. The van der Waals surface area contributed by atoms with E-state index in [2.05, 4.69) is 45.4 Å². The fourth-order valence-corrected chi connectivity index (χ4v) is 4.48. The van der Waals surface area contributed by atoms with Crippen molar-refractivity contribution in [3.63, 3.8) is 0 Å². The zero-order chi connectivity index (χ0) is 21.8. The summed E-state index contributed by atoms with van der Waals surface area (Å²) < 4.78 is 9.75. The molecule has 32 heavy (non-hydrogen) atoms. The Bertz CT molecular complexity index is 1580. The molecule has 3 aromatic heterocycles. The molecule has 0 N–H and O–H groups in total. The Balaban J connectivity index is 1.21. The van der Waals surface area contributed by atoms with Crippen LogP contribution in [0.25, 0.3) is 21.9 Å². The number of rotatable bonds is 4. The Hall–Kier alpha value is -4.01. The fourth-order valence-electron chi connectivity index (χ4n) is 4.48. The number of benzene rings is 2. The maximum Gasteiger partial charge on any atom is 0.437 e. The molecule has 9 nitrogen and oxygen atoms in total. The molecular weight excluding hydrogens is 408 g/mol. The second-order valence-corrected chi connectivity index (χ2v) is 8.34. The summed E-state index contributed by atoms with van der Waals surface area (Å²) in [5, 5.41) is 6.81. The topological polar surface area (TPSA) is 101 Å². The van der Waals surface area contributed by atoms with Crippen molar-refractivity contribution < 1.29 is 4.42 Å². The molecule has 0 saturated heterocycles. The molecule has 160 valence electrons. The minimum atomic E-state index is -0.496. The Morgan fingerprint density at radius 3 is 2.66 bits per heavy atom. The number of aryl methyl sites for hydroxylation is 1. The van der Waals surface area contributed by atoms with Gasteiger partial charge in [0.25, 0.3) is 5.56 Å². The van der Waals surface area contributed by atoms with Crippen LogP contribution in [0.3, 0.4) is 0 Å². The monoisotopic (exact) mass is 428 g/mol. The quantitative estimate of drug-likeness (QED) is 0.436. The molecule has 6 rings (SSSR count). The van der Waals surface area contributed by atoms with Gasteiger partial charge in [0.2, 0.25) is 5.89 Å². The first-order chi connectivity index (χ1) is 15.6. The molecule has 1 aliphatic rings. The highest BCUT2D eigenvalue weighted by Crippen LogP contribution is 2.44. The Labute approximate surface area is 181 Å². The van der Waals surface area contributed by atoms with E-state index in [0.29, 0.717) is 17.1 Å². The van der Waals surface area contributed by atoms with E-state index in [9.17, 15) is 9.59 Å². The van der Waals surface area contributed by atoms with Gasteiger partial charge in [-0.25, -0.2) is 14.8 Å². The van der Waals surface area contributed by atoms with E-state index in [-0.39, 0.29) is 24.0 Å². The van der Waals surface area contributed by atoms with Crippen molar-refractivity contribution >= 4 is 21.9 Å². The summed E-state index contributed by atoms with van der Waals surface area (Å²) in [5.74, 6) is 0.0786. The average Bonchev–Trinajstić information content (AvgIpc) is 3.32. The summed E-state index contributed by atoms with van der Waals surface area (Å²) in [5.41, 5.74) is 1.80. The molecule has 2 aromatic carbocycles. The molecule has 0 bridgehead atoms. The lowest BCUT2D eigenvalue weighted by atomic mass is 9.75. The number of hydrogen-bond acceptors (Lipinski definition) is 6. The van der Waals surface area contributed by atoms with Crippen molar-refractivity contribution in [3.05, 3.63) is 87.5 Å². The number of fused-ring (bicyclic) bond motifs is 2. The third-order valence-corrected chi connectivity index (χ3v) is 6.32. The third kappa shape index (κ3) is 2.96. The first-order valence-corrected chi connectivity index (χ1v) is 10.5. The standard InChI is InChI=1S/C23H20N6O3/c1-27-12-24-21-20(27)22(30)28(13-25-21)11-19-26-29(23(31)32-19)18-9-17(10-18)16-7-6-14-4-2-3-5-15(14)8-16/h2-8,12-13,17-18H,9-11H2,1H3. The SMILES string of the molecule is Cn1cnc2ncn(Cc3nn(C4CC(c5ccc6ccccc6c5)C4)c(=O)o3)c(=O)c21. The minimum absolute atomic E-state index is 0.00845. The summed E-state index contributed by atoms with van der Waals surface area (Å²) in [6, 6.07) is 14.8. The van der Waals surface area contributed by atoms with Gasteiger partial charge in [0.15, 0.2) is 11.2 Å². The predicted molar refractivity (Wildman–Crippen MR) is 118 cm³/mol. The van der Waals surface area contributed by atoms with Crippen LogP contribution in [0.5, 0.6) is 0 Å². The molecule has 0 amide bonds. The van der Waals surface area contributed by atoms with E-state index in [1.807, 2.05) is 12.1 Å². The second-order valence-electron chi connectivity index (χ2n) is 8.34. The predicted octanol–water partition coefficient (Wildman–Crippen LogP) is 2.60. The maximum absolute atomic E-state index is 12.7. The van der Waals surface area contributed by atoms with Gasteiger partial charge in [0, 0.05) is 7.05 Å². The molecule has 0 aliphatic heterocycles. The molecule has 9 heteroatoms. The molecule has 1 aliphatic carbocycles. The van der Waals surface area contributed by atoms with Crippen molar-refractivity contribution in [1.29, 1.82) is 0 Å². The second kappa shape index (κ2) is 7.01. The van der Waals surface area contributed by atoms with Gasteiger partial charge in [-0.05, 0) is 35.1 Å². The summed E-state index contributed by atoms with van der Waals surface area (Å²) in [6.07, 6.45) is 4.59. The first kappa shape index (κ1) is 18.7. The molecule has 5 aromatic rings. The first-order valence-electron chi connectivity index (χ1n) is 10.5. The molecule has 0 spiro atoms. The van der Waals surface area contributed by atoms with Gasteiger partial charge in [0.05, 0.1) is 12.4 Å². The van der Waals surface area contributed by atoms with Gasteiger partial charge in [-0.1, -0.05) is 42.5 Å². The smallest absolute Gasteiger partial charge is 0.390 e. The van der Waals surface area contributed by atoms with Crippen molar-refractivity contribution in [2.24, 2.45) is 7.05 Å². The van der Waals surface area contributed by atoms with Crippen LogP contribution >= 0.6 is 0 Å². The summed E-state index contributed by atoms with van der Waals surface area (Å²) in [6.45, 7) is 0.0377. The Morgan fingerprint density at radius 2 is 1.81 bits per heavy atom. The van der Waals surface area contributed by atoms with Crippen LogP contribution in [0, 0.1) is 0 Å². The Kier molecular flexibility index (Phi) is 4.11. The molecule has 3 heterocycles. The van der Waals surface area contributed by atoms with Crippen LogP contribution in [-0.4, -0.2) is 28.9 Å². The van der Waals surface area contributed by atoms with Crippen LogP contribution in [0.4, 0.5) is 0 Å². The Morgan fingerprint density at radius 1 is 1.03 bits per heavy atom. The molecule has 0 unspecified atom stereocenters. The van der Waals surface area contributed by atoms with Gasteiger partial charge in [-0.2, -0.15) is 4.68 Å². The molecule has 1 saturated carbocycles. The summed E-state index contributed by atoms with van der Waals surface area (Å²) >= 11 is 0. The average molecular weight is 428 g/mol.